The van der Waals surface area contributed by atoms with Gasteiger partial charge < -0.3 is 16.0 Å². The van der Waals surface area contributed by atoms with Gasteiger partial charge in [-0.3, -0.25) is 4.79 Å². The van der Waals surface area contributed by atoms with Gasteiger partial charge in [0.1, 0.15) is 0 Å². The molecule has 0 bridgehead atoms. The third-order valence-corrected chi connectivity index (χ3v) is 2.79. The summed E-state index contributed by atoms with van der Waals surface area (Å²) >= 11 is 0. The Labute approximate surface area is 103 Å². The fourth-order valence-corrected chi connectivity index (χ4v) is 1.79. The SMILES string of the molecule is CCCN(CC(=O)NC)c1cccc(N)c1C. The Bertz CT molecular complexity index is 390. The van der Waals surface area contributed by atoms with Gasteiger partial charge in [0.05, 0.1) is 6.54 Å². The highest BCUT2D eigenvalue weighted by molar-refractivity contribution is 5.82. The van der Waals surface area contributed by atoms with E-state index in [0.29, 0.717) is 6.54 Å². The lowest BCUT2D eigenvalue weighted by Gasteiger charge is -2.25. The third kappa shape index (κ3) is 3.37. The van der Waals surface area contributed by atoms with Crippen LogP contribution in [0.25, 0.3) is 0 Å². The molecule has 0 spiro atoms. The van der Waals surface area contributed by atoms with Gasteiger partial charge in [0.15, 0.2) is 0 Å². The predicted octanol–water partition coefficient (Wildman–Crippen LogP) is 1.54. The number of nitrogens with zero attached hydrogens (tertiary/aromatic N) is 1. The smallest absolute Gasteiger partial charge is 0.239 e. The first-order valence-corrected chi connectivity index (χ1v) is 5.90. The van der Waals surface area contributed by atoms with E-state index in [1.165, 1.54) is 0 Å². The van der Waals surface area contributed by atoms with Crippen LogP contribution in [0.3, 0.4) is 0 Å². The second-order valence-electron chi connectivity index (χ2n) is 4.09. The van der Waals surface area contributed by atoms with Gasteiger partial charge in [0, 0.05) is 25.0 Å². The number of rotatable bonds is 5. The number of hydrogen-bond donors (Lipinski definition) is 2. The molecule has 94 valence electrons. The van der Waals surface area contributed by atoms with Crippen molar-refractivity contribution in [2.45, 2.75) is 20.3 Å². The van der Waals surface area contributed by atoms with Crippen molar-refractivity contribution in [3.8, 4) is 0 Å². The summed E-state index contributed by atoms with van der Waals surface area (Å²) in [6, 6.07) is 5.80. The molecule has 0 atom stereocenters. The van der Waals surface area contributed by atoms with E-state index in [1.54, 1.807) is 7.05 Å². The van der Waals surface area contributed by atoms with Crippen molar-refractivity contribution in [1.29, 1.82) is 0 Å². The summed E-state index contributed by atoms with van der Waals surface area (Å²) in [4.78, 5) is 13.5. The molecule has 0 aliphatic carbocycles. The monoisotopic (exact) mass is 235 g/mol. The van der Waals surface area contributed by atoms with Crippen LogP contribution in [0.15, 0.2) is 18.2 Å². The summed E-state index contributed by atoms with van der Waals surface area (Å²) in [5.41, 5.74) is 8.72. The van der Waals surface area contributed by atoms with Crippen molar-refractivity contribution in [1.82, 2.24) is 5.32 Å². The van der Waals surface area contributed by atoms with E-state index in [0.717, 1.165) is 29.9 Å². The Morgan fingerprint density at radius 1 is 1.47 bits per heavy atom. The highest BCUT2D eigenvalue weighted by atomic mass is 16.1. The van der Waals surface area contributed by atoms with Crippen LogP contribution in [-0.2, 0) is 4.79 Å². The Kier molecular flexibility index (Phi) is 4.82. The summed E-state index contributed by atoms with van der Waals surface area (Å²) < 4.78 is 0. The van der Waals surface area contributed by atoms with Crippen LogP contribution in [-0.4, -0.2) is 26.0 Å². The number of benzene rings is 1. The number of hydrogen-bond acceptors (Lipinski definition) is 3. The molecule has 0 fully saturated rings. The summed E-state index contributed by atoms with van der Waals surface area (Å²) in [6.45, 7) is 5.29. The summed E-state index contributed by atoms with van der Waals surface area (Å²) in [7, 11) is 1.65. The fourth-order valence-electron chi connectivity index (χ4n) is 1.79. The van der Waals surface area contributed by atoms with E-state index in [-0.39, 0.29) is 5.91 Å². The molecule has 4 nitrogen and oxygen atoms in total. The Hall–Kier alpha value is -1.71. The lowest BCUT2D eigenvalue weighted by Crippen LogP contribution is -2.36. The van der Waals surface area contributed by atoms with Crippen LogP contribution in [0.4, 0.5) is 11.4 Å². The van der Waals surface area contributed by atoms with Gasteiger partial charge in [-0.05, 0) is 31.0 Å². The largest absolute Gasteiger partial charge is 0.398 e. The molecule has 0 aliphatic heterocycles. The van der Waals surface area contributed by atoms with Gasteiger partial charge >= 0.3 is 0 Å². The Balaban J connectivity index is 2.96. The van der Waals surface area contributed by atoms with Gasteiger partial charge in [-0.25, -0.2) is 0 Å². The first kappa shape index (κ1) is 13.4. The minimum absolute atomic E-state index is 0.0141. The van der Waals surface area contributed by atoms with E-state index in [2.05, 4.69) is 17.1 Å². The van der Waals surface area contributed by atoms with Gasteiger partial charge in [0.2, 0.25) is 5.91 Å². The molecular weight excluding hydrogens is 214 g/mol. The lowest BCUT2D eigenvalue weighted by molar-refractivity contribution is -0.119. The number of nitrogens with two attached hydrogens (primary N) is 1. The van der Waals surface area contributed by atoms with E-state index in [1.807, 2.05) is 25.1 Å². The molecule has 0 unspecified atom stereocenters. The molecule has 1 aromatic rings. The van der Waals surface area contributed by atoms with Gasteiger partial charge in [-0.2, -0.15) is 0 Å². The fraction of sp³-hybridized carbons (Fsp3) is 0.462. The van der Waals surface area contributed by atoms with Crippen LogP contribution in [0.2, 0.25) is 0 Å². The van der Waals surface area contributed by atoms with Crippen LogP contribution >= 0.6 is 0 Å². The van der Waals surface area contributed by atoms with Crippen molar-refractivity contribution in [3.63, 3.8) is 0 Å². The average molecular weight is 235 g/mol. The molecule has 4 heteroatoms. The molecule has 1 aromatic carbocycles. The molecule has 0 saturated carbocycles. The Morgan fingerprint density at radius 2 is 2.18 bits per heavy atom. The molecule has 3 N–H and O–H groups in total. The minimum Gasteiger partial charge on any atom is -0.398 e. The summed E-state index contributed by atoms with van der Waals surface area (Å²) in [6.07, 6.45) is 0.991. The number of carbonyl (C=O) groups is 1. The molecule has 0 saturated heterocycles. The van der Waals surface area contributed by atoms with Crippen molar-refractivity contribution < 1.29 is 4.79 Å². The second kappa shape index (κ2) is 6.13. The average Bonchev–Trinajstić information content (AvgIpc) is 2.32. The summed E-state index contributed by atoms with van der Waals surface area (Å²) in [5.74, 6) is 0.0141. The topological polar surface area (TPSA) is 58.4 Å². The molecule has 1 amide bonds. The molecule has 0 radical (unpaired) electrons. The first-order chi connectivity index (χ1) is 8.10. The van der Waals surface area contributed by atoms with Crippen LogP contribution < -0.4 is 16.0 Å². The lowest BCUT2D eigenvalue weighted by atomic mass is 10.1. The first-order valence-electron chi connectivity index (χ1n) is 5.90. The highest BCUT2D eigenvalue weighted by Gasteiger charge is 2.12. The minimum atomic E-state index is 0.0141. The second-order valence-corrected chi connectivity index (χ2v) is 4.09. The maximum absolute atomic E-state index is 11.5. The van der Waals surface area contributed by atoms with Gasteiger partial charge in [-0.15, -0.1) is 0 Å². The van der Waals surface area contributed by atoms with Crippen molar-refractivity contribution in [2.24, 2.45) is 0 Å². The maximum atomic E-state index is 11.5. The number of likely N-dealkylation sites (N-methyl/N-ethyl adjacent to an activating group) is 1. The third-order valence-electron chi connectivity index (χ3n) is 2.79. The standard InChI is InChI=1S/C13H21N3O/c1-4-8-16(9-13(17)15-3)12-7-5-6-11(14)10(12)2/h5-7H,4,8-9,14H2,1-3H3,(H,15,17). The van der Waals surface area contributed by atoms with Crippen LogP contribution in [0.5, 0.6) is 0 Å². The van der Waals surface area contributed by atoms with Crippen LogP contribution in [0, 0.1) is 6.92 Å². The summed E-state index contributed by atoms with van der Waals surface area (Å²) in [5, 5.41) is 2.65. The molecular formula is C13H21N3O. The zero-order valence-corrected chi connectivity index (χ0v) is 10.8. The van der Waals surface area contributed by atoms with Crippen molar-refractivity contribution >= 4 is 17.3 Å². The molecule has 1 rings (SSSR count). The number of nitrogens with one attached hydrogen (secondary N) is 1. The normalized spacial score (nSPS) is 10.1. The quantitative estimate of drug-likeness (QED) is 0.761. The zero-order chi connectivity index (χ0) is 12.8. The molecule has 0 aliphatic rings. The predicted molar refractivity (Wildman–Crippen MR) is 72.2 cm³/mol. The molecule has 0 aromatic heterocycles. The van der Waals surface area contributed by atoms with E-state index < -0.39 is 0 Å². The molecule has 17 heavy (non-hydrogen) atoms. The van der Waals surface area contributed by atoms with E-state index in [9.17, 15) is 4.79 Å². The maximum Gasteiger partial charge on any atom is 0.239 e. The van der Waals surface area contributed by atoms with E-state index in [4.69, 9.17) is 5.73 Å². The van der Waals surface area contributed by atoms with Crippen LogP contribution in [0.1, 0.15) is 18.9 Å². The number of carbonyl (C=O) groups excluding carboxylic acids is 1. The van der Waals surface area contributed by atoms with E-state index >= 15 is 0 Å². The Morgan fingerprint density at radius 3 is 2.76 bits per heavy atom. The van der Waals surface area contributed by atoms with Crippen molar-refractivity contribution in [2.75, 3.05) is 30.8 Å². The number of amides is 1. The highest BCUT2D eigenvalue weighted by Crippen LogP contribution is 2.24. The van der Waals surface area contributed by atoms with Gasteiger partial charge in [-0.1, -0.05) is 13.0 Å². The molecule has 0 heterocycles. The number of anilines is 2. The van der Waals surface area contributed by atoms with Crippen molar-refractivity contribution in [3.05, 3.63) is 23.8 Å². The number of nitrogen functional groups attached to an aromatic ring is 1. The zero-order valence-electron chi connectivity index (χ0n) is 10.8. The van der Waals surface area contributed by atoms with Gasteiger partial charge in [0.25, 0.3) is 0 Å².